The SMILES string of the molecule is CCOc1ccc(-n2c(SCC(=O)N/N=C/c3ccccn3)nnc2-c2ccc(Cl)cc2)cc1. The van der Waals surface area contributed by atoms with Crippen molar-refractivity contribution in [3.63, 3.8) is 0 Å². The molecule has 2 heterocycles. The van der Waals surface area contributed by atoms with E-state index in [4.69, 9.17) is 16.3 Å². The number of halogens is 1. The number of ether oxygens (including phenoxy) is 1. The fourth-order valence-corrected chi connectivity index (χ4v) is 3.90. The van der Waals surface area contributed by atoms with Gasteiger partial charge >= 0.3 is 0 Å². The van der Waals surface area contributed by atoms with Crippen LogP contribution < -0.4 is 10.2 Å². The molecule has 0 atom stereocenters. The molecular formula is C24H21ClN6O2S. The highest BCUT2D eigenvalue weighted by Gasteiger charge is 2.17. The van der Waals surface area contributed by atoms with E-state index in [1.165, 1.54) is 18.0 Å². The second kappa shape index (κ2) is 11.4. The van der Waals surface area contributed by atoms with E-state index >= 15 is 0 Å². The molecule has 0 saturated carbocycles. The summed E-state index contributed by atoms with van der Waals surface area (Å²) in [4.78, 5) is 16.5. The molecule has 0 bridgehead atoms. The molecule has 0 radical (unpaired) electrons. The van der Waals surface area contributed by atoms with Gasteiger partial charge in [-0.05, 0) is 67.6 Å². The van der Waals surface area contributed by atoms with Crippen molar-refractivity contribution in [2.24, 2.45) is 5.10 Å². The van der Waals surface area contributed by atoms with E-state index in [9.17, 15) is 4.79 Å². The molecule has 1 N–H and O–H groups in total. The Hall–Kier alpha value is -3.69. The number of rotatable bonds is 9. The van der Waals surface area contributed by atoms with E-state index in [1.54, 1.807) is 24.4 Å². The van der Waals surface area contributed by atoms with Gasteiger partial charge in [0.25, 0.3) is 5.91 Å². The molecule has 34 heavy (non-hydrogen) atoms. The maximum atomic E-state index is 12.3. The number of carbonyl (C=O) groups is 1. The molecule has 4 aromatic rings. The van der Waals surface area contributed by atoms with Gasteiger partial charge in [0.15, 0.2) is 11.0 Å². The van der Waals surface area contributed by atoms with Crippen molar-refractivity contribution in [2.45, 2.75) is 12.1 Å². The third-order valence-electron chi connectivity index (χ3n) is 4.55. The average Bonchev–Trinajstić information content (AvgIpc) is 3.28. The average molecular weight is 493 g/mol. The third-order valence-corrected chi connectivity index (χ3v) is 5.73. The van der Waals surface area contributed by atoms with E-state index in [0.29, 0.717) is 28.3 Å². The summed E-state index contributed by atoms with van der Waals surface area (Å²) < 4.78 is 7.45. The minimum Gasteiger partial charge on any atom is -0.494 e. The summed E-state index contributed by atoms with van der Waals surface area (Å²) in [5.41, 5.74) is 4.85. The topological polar surface area (TPSA) is 94.3 Å². The minimum absolute atomic E-state index is 0.106. The predicted octanol–water partition coefficient (Wildman–Crippen LogP) is 4.62. The number of thioether (sulfide) groups is 1. The number of nitrogens with one attached hydrogen (secondary N) is 1. The molecule has 0 unspecified atom stereocenters. The van der Waals surface area contributed by atoms with Crippen LogP contribution >= 0.6 is 23.4 Å². The van der Waals surface area contributed by atoms with E-state index in [2.05, 4.69) is 25.7 Å². The zero-order valence-electron chi connectivity index (χ0n) is 18.3. The van der Waals surface area contributed by atoms with Gasteiger partial charge < -0.3 is 4.74 Å². The third kappa shape index (κ3) is 6.00. The van der Waals surface area contributed by atoms with Gasteiger partial charge in [-0.3, -0.25) is 14.3 Å². The highest BCUT2D eigenvalue weighted by Crippen LogP contribution is 2.29. The molecule has 0 aliphatic rings. The van der Waals surface area contributed by atoms with Gasteiger partial charge in [0, 0.05) is 22.5 Å². The molecule has 2 aromatic carbocycles. The van der Waals surface area contributed by atoms with Crippen LogP contribution in [0.4, 0.5) is 0 Å². The van der Waals surface area contributed by atoms with Gasteiger partial charge in [-0.1, -0.05) is 29.4 Å². The Labute approximate surface area is 206 Å². The van der Waals surface area contributed by atoms with Crippen molar-refractivity contribution in [1.29, 1.82) is 0 Å². The predicted molar refractivity (Wildman–Crippen MR) is 134 cm³/mol. The molecule has 2 aromatic heterocycles. The summed E-state index contributed by atoms with van der Waals surface area (Å²) in [7, 11) is 0. The Morgan fingerprint density at radius 3 is 2.62 bits per heavy atom. The fraction of sp³-hybridized carbons (Fsp3) is 0.125. The van der Waals surface area contributed by atoms with Crippen LogP contribution in [0.2, 0.25) is 5.02 Å². The Balaban J connectivity index is 1.53. The summed E-state index contributed by atoms with van der Waals surface area (Å²) in [5.74, 6) is 1.24. The number of nitrogens with zero attached hydrogens (tertiary/aromatic N) is 5. The molecule has 1 amide bonds. The van der Waals surface area contributed by atoms with Crippen LogP contribution in [0.15, 0.2) is 83.2 Å². The Morgan fingerprint density at radius 1 is 1.12 bits per heavy atom. The number of benzene rings is 2. The van der Waals surface area contributed by atoms with E-state index < -0.39 is 0 Å². The maximum absolute atomic E-state index is 12.3. The molecule has 8 nitrogen and oxygen atoms in total. The molecule has 4 rings (SSSR count). The lowest BCUT2D eigenvalue weighted by Crippen LogP contribution is -2.20. The second-order valence-corrected chi connectivity index (χ2v) is 8.29. The van der Waals surface area contributed by atoms with Crippen LogP contribution in [0, 0.1) is 0 Å². The van der Waals surface area contributed by atoms with Crippen LogP contribution in [-0.4, -0.2) is 44.2 Å². The molecular weight excluding hydrogens is 472 g/mol. The first-order valence-corrected chi connectivity index (χ1v) is 11.8. The van der Waals surface area contributed by atoms with Crippen LogP contribution in [0.1, 0.15) is 12.6 Å². The second-order valence-electron chi connectivity index (χ2n) is 6.91. The fourth-order valence-electron chi connectivity index (χ4n) is 3.03. The van der Waals surface area contributed by atoms with Gasteiger partial charge in [-0.25, -0.2) is 5.43 Å². The van der Waals surface area contributed by atoms with Gasteiger partial charge in [0.1, 0.15) is 5.75 Å². The number of hydrogen-bond acceptors (Lipinski definition) is 7. The van der Waals surface area contributed by atoms with Crippen molar-refractivity contribution in [3.8, 4) is 22.8 Å². The lowest BCUT2D eigenvalue weighted by Gasteiger charge is -2.11. The zero-order valence-corrected chi connectivity index (χ0v) is 19.8. The summed E-state index contributed by atoms with van der Waals surface area (Å²) >= 11 is 7.31. The molecule has 0 aliphatic carbocycles. The van der Waals surface area contributed by atoms with Crippen LogP contribution in [-0.2, 0) is 4.79 Å². The molecule has 0 aliphatic heterocycles. The highest BCUT2D eigenvalue weighted by molar-refractivity contribution is 7.99. The molecule has 0 fully saturated rings. The maximum Gasteiger partial charge on any atom is 0.250 e. The number of pyridine rings is 1. The normalized spacial score (nSPS) is 11.0. The summed E-state index contributed by atoms with van der Waals surface area (Å²) in [6.07, 6.45) is 3.15. The van der Waals surface area contributed by atoms with Crippen LogP contribution in [0.3, 0.4) is 0 Å². The first-order chi connectivity index (χ1) is 16.6. The van der Waals surface area contributed by atoms with Gasteiger partial charge in [-0.2, -0.15) is 5.10 Å². The Kier molecular flexibility index (Phi) is 7.90. The quantitative estimate of drug-likeness (QED) is 0.208. The number of amides is 1. The number of aromatic nitrogens is 4. The Bertz CT molecular complexity index is 1260. The molecule has 172 valence electrons. The first-order valence-electron chi connectivity index (χ1n) is 10.4. The van der Waals surface area contributed by atoms with Crippen molar-refractivity contribution in [2.75, 3.05) is 12.4 Å². The number of carbonyl (C=O) groups excluding carboxylic acids is 1. The first kappa shape index (κ1) is 23.5. The number of hydrazone groups is 1. The van der Waals surface area contributed by atoms with Crippen molar-refractivity contribution >= 4 is 35.5 Å². The van der Waals surface area contributed by atoms with Gasteiger partial charge in [0.05, 0.1) is 24.3 Å². The minimum atomic E-state index is -0.272. The van der Waals surface area contributed by atoms with Crippen LogP contribution in [0.25, 0.3) is 17.1 Å². The molecule has 0 spiro atoms. The Morgan fingerprint density at radius 2 is 1.91 bits per heavy atom. The lowest BCUT2D eigenvalue weighted by atomic mass is 10.2. The molecule has 10 heteroatoms. The van der Waals surface area contributed by atoms with E-state index in [1.807, 2.05) is 60.0 Å². The van der Waals surface area contributed by atoms with E-state index in [-0.39, 0.29) is 11.7 Å². The highest BCUT2D eigenvalue weighted by atomic mass is 35.5. The smallest absolute Gasteiger partial charge is 0.250 e. The van der Waals surface area contributed by atoms with Crippen molar-refractivity contribution in [3.05, 3.63) is 83.6 Å². The van der Waals surface area contributed by atoms with Gasteiger partial charge in [0.2, 0.25) is 0 Å². The lowest BCUT2D eigenvalue weighted by molar-refractivity contribution is -0.118. The summed E-state index contributed by atoms with van der Waals surface area (Å²) in [6, 6.07) is 20.4. The standard InChI is InChI=1S/C24H21ClN6O2S/c1-2-33-21-12-10-20(11-13-21)31-23(17-6-8-18(25)9-7-17)29-30-24(31)34-16-22(32)28-27-15-19-5-3-4-14-26-19/h3-15H,2,16H2,1H3,(H,28,32)/b27-15+. The largest absolute Gasteiger partial charge is 0.494 e. The zero-order chi connectivity index (χ0) is 23.8. The van der Waals surface area contributed by atoms with E-state index in [0.717, 1.165) is 17.0 Å². The van der Waals surface area contributed by atoms with Crippen molar-refractivity contribution < 1.29 is 9.53 Å². The molecule has 0 saturated heterocycles. The number of hydrogen-bond donors (Lipinski definition) is 1. The van der Waals surface area contributed by atoms with Crippen LogP contribution in [0.5, 0.6) is 5.75 Å². The summed E-state index contributed by atoms with van der Waals surface area (Å²) in [6.45, 7) is 2.52. The summed E-state index contributed by atoms with van der Waals surface area (Å²) in [5, 5.41) is 13.9. The van der Waals surface area contributed by atoms with Gasteiger partial charge in [-0.15, -0.1) is 10.2 Å². The monoisotopic (exact) mass is 492 g/mol. The van der Waals surface area contributed by atoms with Crippen molar-refractivity contribution in [1.82, 2.24) is 25.2 Å².